The largest absolute Gasteiger partial charge is 0.492 e. The second-order valence-corrected chi connectivity index (χ2v) is 9.92. The number of likely N-dealkylation sites (tertiary alicyclic amines) is 1. The van der Waals surface area contributed by atoms with Crippen LogP contribution in [0, 0.1) is 5.82 Å². The lowest BCUT2D eigenvalue weighted by Crippen LogP contribution is -2.25. The summed E-state index contributed by atoms with van der Waals surface area (Å²) in [5.74, 6) is 0.558. The number of aromatic amines is 2. The molecule has 194 valence electrons. The van der Waals surface area contributed by atoms with Gasteiger partial charge in [-0.25, -0.2) is 4.39 Å². The number of hydrogen-bond donors (Lipinski definition) is 2. The van der Waals surface area contributed by atoms with E-state index in [1.54, 1.807) is 30.7 Å². The lowest BCUT2D eigenvalue weighted by atomic mass is 10.0. The quantitative estimate of drug-likeness (QED) is 0.254. The average Bonchev–Trinajstić information content (AvgIpc) is 3.73. The van der Waals surface area contributed by atoms with E-state index >= 15 is 0 Å². The first-order valence-corrected chi connectivity index (χ1v) is 13.2. The van der Waals surface area contributed by atoms with Crippen LogP contribution in [0.5, 0.6) is 5.75 Å². The first-order chi connectivity index (χ1) is 19.2. The second kappa shape index (κ2) is 9.96. The van der Waals surface area contributed by atoms with Crippen LogP contribution in [0.1, 0.15) is 12.8 Å². The number of fused-ring (bicyclic) bond motifs is 2. The highest BCUT2D eigenvalue weighted by molar-refractivity contribution is 6.01. The molecule has 0 unspecified atom stereocenters. The zero-order chi connectivity index (χ0) is 26.2. The van der Waals surface area contributed by atoms with E-state index in [1.807, 2.05) is 42.5 Å². The number of pyridine rings is 2. The third-order valence-electron chi connectivity index (χ3n) is 7.42. The molecular weight excluding hydrogens is 491 g/mol. The van der Waals surface area contributed by atoms with Gasteiger partial charge in [0, 0.05) is 40.2 Å². The molecule has 1 saturated heterocycles. The Hall–Kier alpha value is -4.56. The fourth-order valence-electron chi connectivity index (χ4n) is 5.40. The van der Waals surface area contributed by atoms with E-state index in [0.717, 1.165) is 75.4 Å². The number of nitrogens with zero attached hydrogens (tertiary/aromatic N) is 4. The van der Waals surface area contributed by atoms with Crippen LogP contribution >= 0.6 is 0 Å². The minimum absolute atomic E-state index is 0.280. The number of aromatic nitrogens is 5. The molecule has 39 heavy (non-hydrogen) atoms. The van der Waals surface area contributed by atoms with Crippen LogP contribution in [0.2, 0.25) is 0 Å². The summed E-state index contributed by atoms with van der Waals surface area (Å²) in [7, 11) is 0. The van der Waals surface area contributed by atoms with E-state index in [1.165, 1.54) is 18.9 Å². The number of ether oxygens (including phenoxy) is 1. The second-order valence-electron chi connectivity index (χ2n) is 9.92. The Morgan fingerprint density at radius 3 is 2.67 bits per heavy atom. The van der Waals surface area contributed by atoms with Crippen molar-refractivity contribution >= 4 is 21.8 Å². The fourth-order valence-corrected chi connectivity index (χ4v) is 5.40. The molecule has 1 aliphatic rings. The molecule has 1 aliphatic heterocycles. The molecule has 0 radical (unpaired) electrons. The summed E-state index contributed by atoms with van der Waals surface area (Å²) in [6, 6.07) is 18.8. The molecule has 0 saturated carbocycles. The molecule has 2 aromatic carbocycles. The molecule has 0 atom stereocenters. The van der Waals surface area contributed by atoms with Gasteiger partial charge in [0.25, 0.3) is 0 Å². The van der Waals surface area contributed by atoms with E-state index in [-0.39, 0.29) is 5.82 Å². The smallest absolute Gasteiger partial charge is 0.131 e. The van der Waals surface area contributed by atoms with Gasteiger partial charge in [0.15, 0.2) is 0 Å². The topological polar surface area (TPSA) is 82.7 Å². The summed E-state index contributed by atoms with van der Waals surface area (Å²) in [5.41, 5.74) is 6.29. The molecule has 7 rings (SSSR count). The molecule has 0 spiro atoms. The van der Waals surface area contributed by atoms with Crippen molar-refractivity contribution in [1.82, 2.24) is 30.0 Å². The molecule has 0 amide bonds. The highest BCUT2D eigenvalue weighted by Gasteiger charge is 2.17. The van der Waals surface area contributed by atoms with E-state index in [2.05, 4.69) is 30.0 Å². The number of H-pyrrole nitrogens is 2. The predicted octanol–water partition coefficient (Wildman–Crippen LogP) is 6.45. The van der Waals surface area contributed by atoms with Gasteiger partial charge in [-0.3, -0.25) is 20.0 Å². The van der Waals surface area contributed by atoms with Crippen LogP contribution in [0.4, 0.5) is 4.39 Å². The van der Waals surface area contributed by atoms with Crippen molar-refractivity contribution in [2.24, 2.45) is 0 Å². The van der Waals surface area contributed by atoms with Crippen molar-refractivity contribution in [1.29, 1.82) is 0 Å². The zero-order valence-corrected chi connectivity index (χ0v) is 21.3. The van der Waals surface area contributed by atoms with Crippen molar-refractivity contribution in [3.63, 3.8) is 0 Å². The molecule has 7 nitrogen and oxygen atoms in total. The summed E-state index contributed by atoms with van der Waals surface area (Å²) < 4.78 is 20.7. The van der Waals surface area contributed by atoms with Crippen molar-refractivity contribution < 1.29 is 9.13 Å². The molecule has 0 bridgehead atoms. The Labute approximate surface area is 224 Å². The van der Waals surface area contributed by atoms with Gasteiger partial charge in [-0.15, -0.1) is 0 Å². The van der Waals surface area contributed by atoms with Gasteiger partial charge in [-0.1, -0.05) is 30.3 Å². The van der Waals surface area contributed by atoms with Crippen LogP contribution in [-0.4, -0.2) is 56.3 Å². The van der Waals surface area contributed by atoms with Crippen molar-refractivity contribution in [2.75, 3.05) is 26.2 Å². The summed E-state index contributed by atoms with van der Waals surface area (Å²) in [5, 5.41) is 9.51. The molecule has 1 fully saturated rings. The monoisotopic (exact) mass is 518 g/mol. The van der Waals surface area contributed by atoms with Gasteiger partial charge < -0.3 is 9.72 Å². The zero-order valence-electron chi connectivity index (χ0n) is 21.3. The molecule has 2 N–H and O–H groups in total. The first-order valence-electron chi connectivity index (χ1n) is 13.2. The van der Waals surface area contributed by atoms with Gasteiger partial charge >= 0.3 is 0 Å². The Morgan fingerprint density at radius 1 is 0.872 bits per heavy atom. The summed E-state index contributed by atoms with van der Waals surface area (Å²) in [4.78, 5) is 14.9. The Morgan fingerprint density at radius 2 is 1.77 bits per heavy atom. The summed E-state index contributed by atoms with van der Waals surface area (Å²) in [6.07, 6.45) is 7.81. The van der Waals surface area contributed by atoms with Gasteiger partial charge in [0.1, 0.15) is 23.9 Å². The molecule has 4 aromatic heterocycles. The highest BCUT2D eigenvalue weighted by Crippen LogP contribution is 2.35. The van der Waals surface area contributed by atoms with Crippen molar-refractivity contribution in [3.05, 3.63) is 85.1 Å². The van der Waals surface area contributed by atoms with Gasteiger partial charge in [0.05, 0.1) is 34.8 Å². The van der Waals surface area contributed by atoms with Crippen LogP contribution in [0.25, 0.3) is 55.6 Å². The Kier molecular flexibility index (Phi) is 6.01. The lowest BCUT2D eigenvalue weighted by molar-refractivity contribution is 0.238. The third-order valence-corrected chi connectivity index (χ3v) is 7.42. The SMILES string of the molecule is Fc1ccccc1-c1cncc2[nH]c(-c3n[nH]c4cnc(-c5cccc(OCCN6CCCC6)c5)cc34)cc12. The summed E-state index contributed by atoms with van der Waals surface area (Å²) >= 11 is 0. The lowest BCUT2D eigenvalue weighted by Gasteiger charge is -2.15. The molecule has 6 aromatic rings. The third kappa shape index (κ3) is 4.53. The molecular formula is C31H27FN6O. The van der Waals surface area contributed by atoms with Crippen LogP contribution in [-0.2, 0) is 0 Å². The summed E-state index contributed by atoms with van der Waals surface area (Å²) in [6.45, 7) is 3.95. The van der Waals surface area contributed by atoms with E-state index in [0.29, 0.717) is 12.2 Å². The maximum atomic E-state index is 14.6. The maximum absolute atomic E-state index is 14.6. The average molecular weight is 519 g/mol. The maximum Gasteiger partial charge on any atom is 0.131 e. The first kappa shape index (κ1) is 23.5. The normalized spacial score (nSPS) is 14.0. The van der Waals surface area contributed by atoms with Gasteiger partial charge in [-0.2, -0.15) is 5.10 Å². The van der Waals surface area contributed by atoms with Crippen LogP contribution in [0.15, 0.2) is 79.3 Å². The minimum atomic E-state index is -0.280. The number of benzene rings is 2. The van der Waals surface area contributed by atoms with Gasteiger partial charge in [-0.05, 0) is 56.3 Å². The van der Waals surface area contributed by atoms with E-state index in [9.17, 15) is 4.39 Å². The molecule has 5 heterocycles. The molecule has 8 heteroatoms. The Balaban J connectivity index is 1.21. The fraction of sp³-hybridized carbons (Fsp3) is 0.194. The molecule has 0 aliphatic carbocycles. The number of halogens is 1. The highest BCUT2D eigenvalue weighted by atomic mass is 19.1. The number of hydrogen-bond acceptors (Lipinski definition) is 5. The van der Waals surface area contributed by atoms with E-state index in [4.69, 9.17) is 4.74 Å². The van der Waals surface area contributed by atoms with Gasteiger partial charge in [0.2, 0.25) is 0 Å². The van der Waals surface area contributed by atoms with Crippen molar-refractivity contribution in [2.45, 2.75) is 12.8 Å². The van der Waals surface area contributed by atoms with Crippen LogP contribution < -0.4 is 4.74 Å². The van der Waals surface area contributed by atoms with E-state index < -0.39 is 0 Å². The number of rotatable bonds is 7. The number of nitrogens with one attached hydrogen (secondary N) is 2. The van der Waals surface area contributed by atoms with Crippen LogP contribution in [0.3, 0.4) is 0 Å². The minimum Gasteiger partial charge on any atom is -0.492 e. The van der Waals surface area contributed by atoms with Crippen molar-refractivity contribution in [3.8, 4) is 39.5 Å². The Bertz CT molecular complexity index is 1790. The predicted molar refractivity (Wildman–Crippen MR) is 151 cm³/mol. The standard InChI is InChI=1S/C31H27FN6O/c32-26-9-2-1-8-22(26)25-17-33-18-29-23(25)15-28(35-29)31-24-16-27(34-19-30(24)36-37-31)20-6-5-7-21(14-20)39-13-12-38-10-3-4-11-38/h1-2,5-9,14-19,35H,3-4,10-13H2,(H,36,37).